The highest BCUT2D eigenvalue weighted by Crippen LogP contribution is 2.65. The van der Waals surface area contributed by atoms with Gasteiger partial charge in [0.15, 0.2) is 23.6 Å². The van der Waals surface area contributed by atoms with Gasteiger partial charge in [0.2, 0.25) is 17.7 Å². The molecule has 4 amide bonds. The second-order valence-electron chi connectivity index (χ2n) is 32.0. The Kier molecular flexibility index (Phi) is 42.0. The first-order valence-corrected chi connectivity index (χ1v) is 42.0. The number of ketones is 1. The van der Waals surface area contributed by atoms with Gasteiger partial charge in [0.05, 0.1) is 155 Å². The van der Waals surface area contributed by atoms with E-state index in [0.29, 0.717) is 0 Å². The van der Waals surface area contributed by atoms with E-state index >= 15 is 14.4 Å². The van der Waals surface area contributed by atoms with Crippen molar-refractivity contribution in [3.63, 3.8) is 0 Å². The molecule has 13 N–H and O–H groups in total. The molecule has 1 heterocycles. The van der Waals surface area contributed by atoms with Crippen molar-refractivity contribution in [3.05, 3.63) is 119 Å². The molecule has 43 nitrogen and oxygen atoms in total. The summed E-state index contributed by atoms with van der Waals surface area (Å²) in [6.07, 6.45) is -12.4. The summed E-state index contributed by atoms with van der Waals surface area (Å²) in [7, 11) is 0. The van der Waals surface area contributed by atoms with E-state index in [1.54, 1.807) is 54.6 Å². The lowest BCUT2D eigenvalue weighted by Crippen LogP contribution is -2.82. The Morgan fingerprint density at radius 3 is 1.46 bits per heavy atom. The molecule has 3 aromatic carbocycles. The molecule has 0 unspecified atom stereocenters. The number of carboxylic acid groups (broad SMARTS) is 5. The Balaban J connectivity index is 1.07. The van der Waals surface area contributed by atoms with Crippen molar-refractivity contribution in [2.45, 2.75) is 127 Å². The Morgan fingerprint density at radius 2 is 0.984 bits per heavy atom. The molecule has 712 valence electrons. The van der Waals surface area contributed by atoms with Crippen LogP contribution in [0, 0.1) is 16.7 Å². The minimum absolute atomic E-state index is 0.000836. The minimum atomic E-state index is -2.66. The van der Waals surface area contributed by atoms with Crippen LogP contribution in [0.4, 0.5) is 0 Å². The standard InChI is InChI=1S/C86H119N9O34/c1-54-61(126-82(116)74(110)73(57-16-10-7-11-17-57)91-79(112)58-18-12-8-13-19-58)45-86(117)78(128-81(115)59-20-14-9-15-21-59)76-84(6,77(111)75(125-55(2)96)72(54)83(86,4)5)62(44-63-85(76,53-124-63)129-56(3)97)127-71(109)52-95(47-66(100)90-26-34-120-37-41-122-40-36-118-32-24-88-64(98)23-22-60(87)80(113)114)31-35-121-39-43-123-42-38-119-33-25-89-65(99)46-93(49-68(103)104)29-27-92(48-67(101)102)28-30-94(50-69(105)106)51-70(107)108/h7-21,60-63,73-76,78,110,117H,22-53,87H2,1-6H3,(H,88,98)(H,89,99)(H,90,100)(H,91,112)(H,101,102)(H,103,104)(H,105,106)(H,107,108)(H,113,114)/t60-,61-,62-,63+,73-,74+,75+,76-,78-,84+,85-,86+/m0/s1. The van der Waals surface area contributed by atoms with E-state index in [1.165, 1.54) is 78.8 Å². The number of amides is 4. The minimum Gasteiger partial charge on any atom is -0.480 e. The van der Waals surface area contributed by atoms with Crippen molar-refractivity contribution in [2.75, 3.05) is 184 Å². The summed E-state index contributed by atoms with van der Waals surface area (Å²) in [6, 6.07) is 20.8. The topological polar surface area (TPSA) is 596 Å². The molecule has 12 atom stereocenters. The number of benzene rings is 3. The number of ether oxygens (including phenoxy) is 12. The summed E-state index contributed by atoms with van der Waals surface area (Å²) in [5.74, 6) is -17.0. The van der Waals surface area contributed by atoms with E-state index in [-0.39, 0.29) is 178 Å². The molecule has 0 aromatic heterocycles. The number of rotatable bonds is 59. The summed E-state index contributed by atoms with van der Waals surface area (Å²) >= 11 is 0. The molecule has 3 aromatic rings. The number of aliphatic carboxylic acids is 5. The molecule has 0 spiro atoms. The van der Waals surface area contributed by atoms with Gasteiger partial charge in [-0.2, -0.15) is 0 Å². The average Bonchev–Trinajstić information content (AvgIpc) is 0.665. The van der Waals surface area contributed by atoms with Gasteiger partial charge in [0, 0.05) is 96.4 Å². The molecule has 1 aliphatic heterocycles. The van der Waals surface area contributed by atoms with Gasteiger partial charge < -0.3 is 120 Å². The normalized spacial score (nSPS) is 21.5. The molecule has 3 fully saturated rings. The highest BCUT2D eigenvalue weighted by molar-refractivity contribution is 5.97. The molecule has 3 aliphatic carbocycles. The zero-order chi connectivity index (χ0) is 94.6. The second kappa shape index (κ2) is 51.5. The van der Waals surface area contributed by atoms with Crippen molar-refractivity contribution >= 4 is 89.1 Å². The van der Waals surface area contributed by atoms with Gasteiger partial charge in [-0.15, -0.1) is 0 Å². The Bertz CT molecular complexity index is 4300. The Hall–Kier alpha value is -10.9. The highest BCUT2D eigenvalue weighted by atomic mass is 16.6. The lowest BCUT2D eigenvalue weighted by Gasteiger charge is -2.67. The zero-order valence-electron chi connectivity index (χ0n) is 73.0. The van der Waals surface area contributed by atoms with Crippen LogP contribution >= 0.6 is 0 Å². The summed E-state index contributed by atoms with van der Waals surface area (Å²) < 4.78 is 72.0. The molecule has 0 radical (unpaired) electrons. The van der Waals surface area contributed by atoms with Crippen molar-refractivity contribution in [3.8, 4) is 0 Å². The van der Waals surface area contributed by atoms with Crippen molar-refractivity contribution < 1.29 is 165 Å². The van der Waals surface area contributed by atoms with Crippen molar-refractivity contribution in [2.24, 2.45) is 22.5 Å². The molecular formula is C86H119N9O34. The first-order valence-electron chi connectivity index (χ1n) is 42.0. The molecular weight excluding hydrogens is 1700 g/mol. The Labute approximate surface area is 744 Å². The van der Waals surface area contributed by atoms with Gasteiger partial charge >= 0.3 is 59.7 Å². The van der Waals surface area contributed by atoms with Crippen LogP contribution in [0.2, 0.25) is 0 Å². The monoisotopic (exact) mass is 1820 g/mol. The van der Waals surface area contributed by atoms with Crippen molar-refractivity contribution in [1.29, 1.82) is 0 Å². The van der Waals surface area contributed by atoms with Crippen LogP contribution in [-0.2, 0) is 119 Å². The Morgan fingerprint density at radius 1 is 0.535 bits per heavy atom. The maximum Gasteiger partial charge on any atom is 0.338 e. The number of esters is 5. The highest BCUT2D eigenvalue weighted by Gasteiger charge is 2.79. The fraction of sp³-hybridized carbons (Fsp3) is 0.593. The van der Waals surface area contributed by atoms with Gasteiger partial charge in [0.1, 0.15) is 36.1 Å². The molecule has 4 aliphatic rings. The number of hydrogen-bond donors (Lipinski definition) is 12. The fourth-order valence-electron chi connectivity index (χ4n) is 16.0. The third-order valence-corrected chi connectivity index (χ3v) is 22.5. The first-order chi connectivity index (χ1) is 61.3. The number of aliphatic hydroxyl groups excluding tert-OH is 1. The summed E-state index contributed by atoms with van der Waals surface area (Å²) in [6.45, 7) is 3.40. The van der Waals surface area contributed by atoms with Gasteiger partial charge in [-0.05, 0) is 61.2 Å². The first kappa shape index (κ1) is 105. The second-order valence-corrected chi connectivity index (χ2v) is 32.0. The number of aliphatic hydroxyl groups is 2. The number of fused-ring (bicyclic) bond motifs is 5. The van der Waals surface area contributed by atoms with Crippen LogP contribution in [-0.4, -0.2) is 382 Å². The summed E-state index contributed by atoms with van der Waals surface area (Å²) in [5, 5.41) is 83.7. The van der Waals surface area contributed by atoms with E-state index < -0.39 is 225 Å². The number of nitrogens with one attached hydrogen (secondary N) is 4. The molecule has 2 saturated carbocycles. The van der Waals surface area contributed by atoms with Gasteiger partial charge in [0.25, 0.3) is 5.91 Å². The molecule has 43 heteroatoms. The van der Waals surface area contributed by atoms with E-state index in [0.717, 1.165) is 18.7 Å². The summed E-state index contributed by atoms with van der Waals surface area (Å²) in [4.78, 5) is 204. The average molecular weight is 1820 g/mol. The SMILES string of the molecule is CC(=O)O[C@H]1C(=O)[C@]2(C)[C@@H](OC(=O)CN(CCOCCOCCOCCNC(=O)CN(CCN(CCN(CC(=O)O)CC(=O)O)CC(=O)O)CC(=O)O)CC(=O)NCCOCCOCCOCCNC(=O)CC[C@H](N)C(=O)O)C[C@H]3OC[C@@]3(OC(C)=O)[C@H]2[C@H](OC(=O)c2ccccc2)[C@]2(O)C[C@H](OC(=O)[C@H](O)[C@@H](NC(=O)c3ccccc3)c3ccccc3)C(C)=C1C2(C)C. The van der Waals surface area contributed by atoms with E-state index in [2.05, 4.69) is 21.3 Å². The summed E-state index contributed by atoms with van der Waals surface area (Å²) in [5.41, 5.74) is -3.33. The number of nitrogens with zero attached hydrogens (tertiary/aromatic N) is 4. The number of hydrogen-bond acceptors (Lipinski definition) is 34. The smallest absolute Gasteiger partial charge is 0.338 e. The van der Waals surface area contributed by atoms with E-state index in [1.807, 2.05) is 0 Å². The number of carbonyl (C=O) groups excluding carboxylic acids is 10. The van der Waals surface area contributed by atoms with Crippen LogP contribution in [0.5, 0.6) is 0 Å². The zero-order valence-corrected chi connectivity index (χ0v) is 73.0. The van der Waals surface area contributed by atoms with Crippen LogP contribution < -0.4 is 27.0 Å². The number of carbonyl (C=O) groups is 15. The molecule has 7 rings (SSSR count). The maximum atomic E-state index is 16.8. The van der Waals surface area contributed by atoms with E-state index in [4.69, 9.17) is 67.7 Å². The van der Waals surface area contributed by atoms with Crippen LogP contribution in [0.15, 0.2) is 102 Å². The van der Waals surface area contributed by atoms with E-state index in [9.17, 15) is 88.2 Å². The van der Waals surface area contributed by atoms with Crippen LogP contribution in [0.1, 0.15) is 99.5 Å². The van der Waals surface area contributed by atoms with Crippen LogP contribution in [0.25, 0.3) is 0 Å². The fourth-order valence-corrected chi connectivity index (χ4v) is 16.0. The lowest BCUT2D eigenvalue weighted by atomic mass is 9.44. The van der Waals surface area contributed by atoms with Crippen molar-refractivity contribution in [1.82, 2.24) is 40.9 Å². The number of carboxylic acids is 5. The predicted molar refractivity (Wildman–Crippen MR) is 447 cm³/mol. The third kappa shape index (κ3) is 31.4. The van der Waals surface area contributed by atoms with Gasteiger partial charge in [-0.25, -0.2) is 9.59 Å². The predicted octanol–water partition coefficient (Wildman–Crippen LogP) is -1.53. The van der Waals surface area contributed by atoms with Gasteiger partial charge in [-0.1, -0.05) is 80.6 Å². The largest absolute Gasteiger partial charge is 0.480 e. The van der Waals surface area contributed by atoms with Crippen LogP contribution in [0.3, 0.4) is 0 Å². The number of Topliss-reactive ketones (excluding diaryl/α,β-unsaturated/α-hetero) is 1. The van der Waals surface area contributed by atoms with Gasteiger partial charge in [-0.3, -0.25) is 81.9 Å². The quantitative estimate of drug-likeness (QED) is 0.0132. The number of nitrogens with two attached hydrogens (primary N) is 1. The lowest BCUT2D eigenvalue weighted by molar-refractivity contribution is -0.346. The molecule has 1 saturated heterocycles. The molecule has 129 heavy (non-hydrogen) atoms. The molecule has 2 bridgehead atoms. The maximum absolute atomic E-state index is 16.8. The third-order valence-electron chi connectivity index (χ3n) is 22.5.